The number of rotatable bonds is 12. The van der Waals surface area contributed by atoms with Crippen molar-refractivity contribution in [3.63, 3.8) is 0 Å². The Balaban J connectivity index is 2.81. The third kappa shape index (κ3) is 14.3. The van der Waals surface area contributed by atoms with Crippen molar-refractivity contribution >= 4 is 12.6 Å². The minimum absolute atomic E-state index is 0.947. The molecule has 0 spiro atoms. The van der Waals surface area contributed by atoms with Crippen LogP contribution in [0, 0.1) is 0 Å². The summed E-state index contributed by atoms with van der Waals surface area (Å²) in [6.07, 6.45) is 11.8. The van der Waals surface area contributed by atoms with Gasteiger partial charge in [-0.2, -0.15) is 12.6 Å². The van der Waals surface area contributed by atoms with Crippen molar-refractivity contribution in [2.45, 2.75) is 64.7 Å². The molecule has 0 aromatic heterocycles. The summed E-state index contributed by atoms with van der Waals surface area (Å²) in [5.74, 6) is 1.01. The zero-order valence-corrected chi connectivity index (χ0v) is 11.2. The molecule has 0 saturated carbocycles. The molecule has 0 aliphatic carbocycles. The first kappa shape index (κ1) is 15.3. The molecule has 0 atom stereocenters. The summed E-state index contributed by atoms with van der Waals surface area (Å²) in [4.78, 5) is 0. The third-order valence-electron chi connectivity index (χ3n) is 2.59. The molecular weight excluding hydrogens is 204 g/mol. The molecule has 0 bridgehead atoms. The molecule has 2 heteroatoms. The maximum absolute atomic E-state index is 5.56. The van der Waals surface area contributed by atoms with Crippen molar-refractivity contribution in [2.75, 3.05) is 19.0 Å². The Morgan fingerprint density at radius 1 is 0.733 bits per heavy atom. The SMILES string of the molecule is CCCCCCCCOCCCCCS. The van der Waals surface area contributed by atoms with Gasteiger partial charge in [-0.25, -0.2) is 0 Å². The van der Waals surface area contributed by atoms with E-state index in [-0.39, 0.29) is 0 Å². The summed E-state index contributed by atoms with van der Waals surface area (Å²) in [6, 6.07) is 0. The zero-order valence-electron chi connectivity index (χ0n) is 10.3. The van der Waals surface area contributed by atoms with E-state index in [2.05, 4.69) is 19.6 Å². The van der Waals surface area contributed by atoms with Crippen molar-refractivity contribution in [2.24, 2.45) is 0 Å². The monoisotopic (exact) mass is 232 g/mol. The van der Waals surface area contributed by atoms with Gasteiger partial charge in [0.15, 0.2) is 0 Å². The van der Waals surface area contributed by atoms with Gasteiger partial charge in [0.2, 0.25) is 0 Å². The van der Waals surface area contributed by atoms with Crippen LogP contribution in [0.1, 0.15) is 64.7 Å². The van der Waals surface area contributed by atoms with Gasteiger partial charge in [0.25, 0.3) is 0 Å². The molecule has 0 unspecified atom stereocenters. The van der Waals surface area contributed by atoms with E-state index in [0.29, 0.717) is 0 Å². The molecule has 1 nitrogen and oxygen atoms in total. The van der Waals surface area contributed by atoms with Crippen molar-refractivity contribution in [3.8, 4) is 0 Å². The highest BCUT2D eigenvalue weighted by Gasteiger charge is 1.91. The molecule has 0 rings (SSSR count). The average Bonchev–Trinajstić information content (AvgIpc) is 2.26. The van der Waals surface area contributed by atoms with Crippen LogP contribution in [-0.4, -0.2) is 19.0 Å². The summed E-state index contributed by atoms with van der Waals surface area (Å²) >= 11 is 4.18. The van der Waals surface area contributed by atoms with Crippen LogP contribution in [0.25, 0.3) is 0 Å². The lowest BCUT2D eigenvalue weighted by Gasteiger charge is -2.03. The summed E-state index contributed by atoms with van der Waals surface area (Å²) in [5, 5.41) is 0. The average molecular weight is 232 g/mol. The highest BCUT2D eigenvalue weighted by atomic mass is 32.1. The molecular formula is C13H28OS. The van der Waals surface area contributed by atoms with E-state index in [4.69, 9.17) is 4.74 Å². The number of ether oxygens (including phenoxy) is 1. The quantitative estimate of drug-likeness (QED) is 0.386. The van der Waals surface area contributed by atoms with Gasteiger partial charge in [0.1, 0.15) is 0 Å². The fourth-order valence-electron chi connectivity index (χ4n) is 1.58. The first-order chi connectivity index (χ1) is 7.41. The normalized spacial score (nSPS) is 10.8. The van der Waals surface area contributed by atoms with Crippen LogP contribution in [0.3, 0.4) is 0 Å². The predicted molar refractivity (Wildman–Crippen MR) is 71.9 cm³/mol. The number of thiol groups is 1. The zero-order chi connectivity index (χ0) is 11.2. The molecule has 0 amide bonds. The molecule has 0 N–H and O–H groups in total. The van der Waals surface area contributed by atoms with Crippen LogP contribution in [0.4, 0.5) is 0 Å². The molecule has 0 aliphatic heterocycles. The second kappa shape index (κ2) is 14.3. The fourth-order valence-corrected chi connectivity index (χ4v) is 1.80. The molecule has 0 aromatic carbocycles. The Kier molecular flexibility index (Phi) is 14.6. The number of hydrogen-bond acceptors (Lipinski definition) is 2. The van der Waals surface area contributed by atoms with Gasteiger partial charge in [-0.05, 0) is 25.0 Å². The number of hydrogen-bond donors (Lipinski definition) is 1. The van der Waals surface area contributed by atoms with Crippen LogP contribution in [0.15, 0.2) is 0 Å². The van der Waals surface area contributed by atoms with Crippen LogP contribution in [0.5, 0.6) is 0 Å². The summed E-state index contributed by atoms with van der Waals surface area (Å²) < 4.78 is 5.56. The van der Waals surface area contributed by atoms with Gasteiger partial charge in [0, 0.05) is 13.2 Å². The second-order valence-electron chi connectivity index (χ2n) is 4.16. The molecule has 0 saturated heterocycles. The van der Waals surface area contributed by atoms with E-state index in [1.54, 1.807) is 0 Å². The Morgan fingerprint density at radius 2 is 1.27 bits per heavy atom. The predicted octanol–water partition coefficient (Wildman–Crippen LogP) is 4.46. The standard InChI is InChI=1S/C13H28OS/c1-2-3-4-5-6-8-11-14-12-9-7-10-13-15/h15H,2-13H2,1H3. The lowest BCUT2D eigenvalue weighted by Crippen LogP contribution is -1.97. The van der Waals surface area contributed by atoms with Crippen molar-refractivity contribution in [1.29, 1.82) is 0 Å². The molecule has 0 fully saturated rings. The lowest BCUT2D eigenvalue weighted by molar-refractivity contribution is 0.126. The van der Waals surface area contributed by atoms with Crippen molar-refractivity contribution in [3.05, 3.63) is 0 Å². The van der Waals surface area contributed by atoms with Gasteiger partial charge < -0.3 is 4.74 Å². The second-order valence-corrected chi connectivity index (χ2v) is 4.61. The van der Waals surface area contributed by atoms with Gasteiger partial charge >= 0.3 is 0 Å². The van der Waals surface area contributed by atoms with E-state index in [9.17, 15) is 0 Å². The van der Waals surface area contributed by atoms with Gasteiger partial charge in [-0.1, -0.05) is 45.4 Å². The van der Waals surface area contributed by atoms with E-state index in [0.717, 1.165) is 19.0 Å². The van der Waals surface area contributed by atoms with E-state index >= 15 is 0 Å². The molecule has 92 valence electrons. The number of unbranched alkanes of at least 4 members (excludes halogenated alkanes) is 7. The van der Waals surface area contributed by atoms with Gasteiger partial charge in [0.05, 0.1) is 0 Å². The molecule has 0 heterocycles. The third-order valence-corrected chi connectivity index (χ3v) is 2.91. The van der Waals surface area contributed by atoms with E-state index in [1.807, 2.05) is 0 Å². The Hall–Kier alpha value is 0.310. The van der Waals surface area contributed by atoms with Crippen LogP contribution in [0.2, 0.25) is 0 Å². The maximum atomic E-state index is 5.56. The Morgan fingerprint density at radius 3 is 1.87 bits per heavy atom. The first-order valence-electron chi connectivity index (χ1n) is 6.60. The minimum atomic E-state index is 0.947. The minimum Gasteiger partial charge on any atom is -0.381 e. The molecule has 0 aromatic rings. The maximum Gasteiger partial charge on any atom is 0.0466 e. The van der Waals surface area contributed by atoms with Crippen molar-refractivity contribution < 1.29 is 4.74 Å². The molecule has 15 heavy (non-hydrogen) atoms. The summed E-state index contributed by atoms with van der Waals surface area (Å²) in [6.45, 7) is 4.17. The first-order valence-corrected chi connectivity index (χ1v) is 7.23. The van der Waals surface area contributed by atoms with E-state index < -0.39 is 0 Å². The largest absolute Gasteiger partial charge is 0.381 e. The van der Waals surface area contributed by atoms with Crippen molar-refractivity contribution in [1.82, 2.24) is 0 Å². The lowest BCUT2D eigenvalue weighted by atomic mass is 10.1. The smallest absolute Gasteiger partial charge is 0.0466 e. The summed E-state index contributed by atoms with van der Waals surface area (Å²) in [7, 11) is 0. The topological polar surface area (TPSA) is 9.23 Å². The Labute approximate surface area is 101 Å². The summed E-state index contributed by atoms with van der Waals surface area (Å²) in [5.41, 5.74) is 0. The molecule has 0 aliphatic rings. The van der Waals surface area contributed by atoms with Gasteiger partial charge in [-0.15, -0.1) is 0 Å². The van der Waals surface area contributed by atoms with Gasteiger partial charge in [-0.3, -0.25) is 0 Å². The fraction of sp³-hybridized carbons (Fsp3) is 1.00. The highest BCUT2D eigenvalue weighted by molar-refractivity contribution is 7.80. The van der Waals surface area contributed by atoms with Crippen LogP contribution < -0.4 is 0 Å². The Bertz CT molecular complexity index is 94.7. The van der Waals surface area contributed by atoms with Crippen LogP contribution >= 0.6 is 12.6 Å². The highest BCUT2D eigenvalue weighted by Crippen LogP contribution is 2.05. The van der Waals surface area contributed by atoms with E-state index in [1.165, 1.54) is 57.8 Å². The molecule has 0 radical (unpaired) electrons. The van der Waals surface area contributed by atoms with Crippen LogP contribution in [-0.2, 0) is 4.74 Å².